The zero-order valence-electron chi connectivity index (χ0n) is 13.6. The van der Waals surface area contributed by atoms with E-state index in [1.54, 1.807) is 0 Å². The number of aryl methyl sites for hydroxylation is 2. The predicted octanol–water partition coefficient (Wildman–Crippen LogP) is 3.02. The molecule has 0 aromatic carbocycles. The third-order valence-corrected chi connectivity index (χ3v) is 3.74. The number of pyridine rings is 1. The summed E-state index contributed by atoms with van der Waals surface area (Å²) in [5.41, 5.74) is 11.6. The number of allylic oxidation sites excluding steroid dienone is 2. The topological polar surface area (TPSA) is 63.3 Å². The van der Waals surface area contributed by atoms with E-state index in [0.717, 1.165) is 37.9 Å². The highest BCUT2D eigenvalue weighted by Gasteiger charge is 2.07. The molecule has 0 radical (unpaired) electrons. The Kier molecular flexibility index (Phi) is 6.34. The molecule has 118 valence electrons. The van der Waals surface area contributed by atoms with Crippen molar-refractivity contribution in [3.8, 4) is 0 Å². The van der Waals surface area contributed by atoms with E-state index in [2.05, 4.69) is 47.5 Å². The minimum absolute atomic E-state index is 0.631. The molecule has 22 heavy (non-hydrogen) atoms. The van der Waals surface area contributed by atoms with Crippen LogP contribution in [0.25, 0.3) is 0 Å². The van der Waals surface area contributed by atoms with Crippen molar-refractivity contribution >= 4 is 5.71 Å². The lowest BCUT2D eigenvalue weighted by atomic mass is 10.0. The maximum absolute atomic E-state index is 5.64. The Morgan fingerprint density at radius 2 is 2.23 bits per heavy atom. The molecule has 0 aliphatic carbocycles. The van der Waals surface area contributed by atoms with Gasteiger partial charge in [-0.2, -0.15) is 0 Å². The van der Waals surface area contributed by atoms with Gasteiger partial charge in [0.25, 0.3) is 0 Å². The van der Waals surface area contributed by atoms with Crippen LogP contribution in [0.3, 0.4) is 0 Å². The zero-order chi connectivity index (χ0) is 15.8. The maximum atomic E-state index is 5.64. The van der Waals surface area contributed by atoms with E-state index in [-0.39, 0.29) is 0 Å². The number of rotatable bonds is 7. The van der Waals surface area contributed by atoms with Gasteiger partial charge in [-0.3, -0.25) is 9.98 Å². The summed E-state index contributed by atoms with van der Waals surface area (Å²) in [6.45, 7) is 5.73. The summed E-state index contributed by atoms with van der Waals surface area (Å²) >= 11 is 0. The lowest BCUT2D eigenvalue weighted by Crippen LogP contribution is -2.15. The number of nitrogens with one attached hydrogen (secondary N) is 1. The molecule has 1 aromatic rings. The molecule has 1 aliphatic heterocycles. The minimum atomic E-state index is 0.631. The Hall–Kier alpha value is -1.94. The standard InChI is InChI=1S/C18H26N4/c1-3-5-17-14(2)10-15(12-22-17)11-20-13-16-6-4-9-21-18(16)7-8-19/h4,9-10,12-13,20H,3,5-8,11,19H2,1-2H3/b16-13+. The van der Waals surface area contributed by atoms with Crippen molar-refractivity contribution in [2.45, 2.75) is 46.1 Å². The highest BCUT2D eigenvalue weighted by atomic mass is 14.8. The molecule has 4 nitrogen and oxygen atoms in total. The second kappa shape index (κ2) is 8.49. The number of nitrogens with two attached hydrogens (primary N) is 1. The van der Waals surface area contributed by atoms with E-state index in [1.165, 1.54) is 22.4 Å². The van der Waals surface area contributed by atoms with Crippen molar-refractivity contribution in [1.82, 2.24) is 10.3 Å². The van der Waals surface area contributed by atoms with Crippen molar-refractivity contribution in [2.24, 2.45) is 10.7 Å². The first-order valence-electron chi connectivity index (χ1n) is 8.03. The number of aliphatic imine (C=N–C) groups is 1. The summed E-state index contributed by atoms with van der Waals surface area (Å²) in [4.78, 5) is 8.97. The Balaban J connectivity index is 1.95. The first-order valence-corrected chi connectivity index (χ1v) is 8.03. The third kappa shape index (κ3) is 4.53. The van der Waals surface area contributed by atoms with Crippen LogP contribution in [-0.2, 0) is 13.0 Å². The summed E-state index contributed by atoms with van der Waals surface area (Å²) < 4.78 is 0. The molecule has 4 heteroatoms. The second-order valence-electron chi connectivity index (χ2n) is 5.61. The zero-order valence-corrected chi connectivity index (χ0v) is 13.6. The molecule has 0 amide bonds. The largest absolute Gasteiger partial charge is 0.386 e. The van der Waals surface area contributed by atoms with E-state index in [4.69, 9.17) is 5.73 Å². The molecule has 2 heterocycles. The van der Waals surface area contributed by atoms with Gasteiger partial charge in [0, 0.05) is 43.0 Å². The van der Waals surface area contributed by atoms with Crippen LogP contribution in [0, 0.1) is 6.92 Å². The van der Waals surface area contributed by atoms with Crippen molar-refractivity contribution in [3.63, 3.8) is 0 Å². The average Bonchev–Trinajstić information content (AvgIpc) is 2.52. The van der Waals surface area contributed by atoms with Crippen molar-refractivity contribution < 1.29 is 0 Å². The van der Waals surface area contributed by atoms with E-state index in [0.29, 0.717) is 6.54 Å². The maximum Gasteiger partial charge on any atom is 0.0465 e. The molecule has 0 bridgehead atoms. The quantitative estimate of drug-likeness (QED) is 0.813. The second-order valence-corrected chi connectivity index (χ2v) is 5.61. The van der Waals surface area contributed by atoms with E-state index in [9.17, 15) is 0 Å². The molecule has 3 N–H and O–H groups in total. The fourth-order valence-electron chi connectivity index (χ4n) is 2.58. The van der Waals surface area contributed by atoms with Crippen molar-refractivity contribution in [2.75, 3.05) is 6.54 Å². The Bertz CT molecular complexity index is 585. The smallest absolute Gasteiger partial charge is 0.0465 e. The normalized spacial score (nSPS) is 16.0. The fraction of sp³-hybridized carbons (Fsp3) is 0.444. The highest BCUT2D eigenvalue weighted by molar-refractivity contribution is 6.01. The SMILES string of the molecule is CCCc1ncc(CN/C=C2\CC=CN=C2CCN)cc1C. The molecule has 0 saturated carbocycles. The molecular formula is C18H26N4. The minimum Gasteiger partial charge on any atom is -0.386 e. The molecule has 0 fully saturated rings. The molecule has 1 aromatic heterocycles. The molecular weight excluding hydrogens is 272 g/mol. The van der Waals surface area contributed by atoms with Gasteiger partial charge in [0.15, 0.2) is 0 Å². The van der Waals surface area contributed by atoms with Gasteiger partial charge in [-0.05, 0) is 43.0 Å². The number of nitrogens with zero attached hydrogens (tertiary/aromatic N) is 2. The Labute approximate surface area is 133 Å². The Morgan fingerprint density at radius 3 is 2.95 bits per heavy atom. The van der Waals surface area contributed by atoms with E-state index < -0.39 is 0 Å². The van der Waals surface area contributed by atoms with Gasteiger partial charge in [-0.1, -0.05) is 25.5 Å². The van der Waals surface area contributed by atoms with Crippen molar-refractivity contribution in [1.29, 1.82) is 0 Å². The summed E-state index contributed by atoms with van der Waals surface area (Å²) in [6.07, 6.45) is 11.9. The predicted molar refractivity (Wildman–Crippen MR) is 92.8 cm³/mol. The van der Waals surface area contributed by atoms with Crippen molar-refractivity contribution in [3.05, 3.63) is 53.1 Å². The number of hydrogen-bond acceptors (Lipinski definition) is 4. The molecule has 0 atom stereocenters. The molecule has 0 saturated heterocycles. The van der Waals surface area contributed by atoms with Crippen LogP contribution in [0.15, 0.2) is 41.3 Å². The molecule has 0 spiro atoms. The first kappa shape index (κ1) is 16.4. The van der Waals surface area contributed by atoms with Gasteiger partial charge < -0.3 is 11.1 Å². The number of aromatic nitrogens is 1. The molecule has 0 unspecified atom stereocenters. The Morgan fingerprint density at radius 1 is 1.36 bits per heavy atom. The summed E-state index contributed by atoms with van der Waals surface area (Å²) in [6, 6.07) is 2.22. The van der Waals surface area contributed by atoms with Gasteiger partial charge >= 0.3 is 0 Å². The van der Waals surface area contributed by atoms with Gasteiger partial charge in [-0.25, -0.2) is 0 Å². The van der Waals surface area contributed by atoms with E-state index in [1.807, 2.05) is 12.4 Å². The van der Waals surface area contributed by atoms with Crippen LogP contribution >= 0.6 is 0 Å². The van der Waals surface area contributed by atoms with Gasteiger partial charge in [-0.15, -0.1) is 0 Å². The summed E-state index contributed by atoms with van der Waals surface area (Å²) in [7, 11) is 0. The lowest BCUT2D eigenvalue weighted by molar-refractivity contribution is 0.830. The van der Waals surface area contributed by atoms with Gasteiger partial charge in [0.05, 0.1) is 0 Å². The first-order chi connectivity index (χ1) is 10.7. The van der Waals surface area contributed by atoms with Crippen LogP contribution < -0.4 is 11.1 Å². The monoisotopic (exact) mass is 298 g/mol. The van der Waals surface area contributed by atoms with Crippen LogP contribution in [0.5, 0.6) is 0 Å². The molecule has 1 aliphatic rings. The average molecular weight is 298 g/mol. The third-order valence-electron chi connectivity index (χ3n) is 3.74. The van der Waals surface area contributed by atoms with Crippen LogP contribution in [0.4, 0.5) is 0 Å². The summed E-state index contributed by atoms with van der Waals surface area (Å²) in [5, 5.41) is 3.38. The highest BCUT2D eigenvalue weighted by Crippen LogP contribution is 2.13. The van der Waals surface area contributed by atoms with Crippen LogP contribution in [0.1, 0.15) is 43.0 Å². The van der Waals surface area contributed by atoms with E-state index >= 15 is 0 Å². The van der Waals surface area contributed by atoms with Crippen LogP contribution in [0.2, 0.25) is 0 Å². The summed E-state index contributed by atoms with van der Waals surface area (Å²) in [5.74, 6) is 0. The molecule has 2 rings (SSSR count). The van der Waals surface area contributed by atoms with Crippen LogP contribution in [-0.4, -0.2) is 17.2 Å². The van der Waals surface area contributed by atoms with Gasteiger partial charge in [0.1, 0.15) is 0 Å². The fourth-order valence-corrected chi connectivity index (χ4v) is 2.58. The number of hydrogen-bond donors (Lipinski definition) is 2. The van der Waals surface area contributed by atoms with Gasteiger partial charge in [0.2, 0.25) is 0 Å². The lowest BCUT2D eigenvalue weighted by Gasteiger charge is -2.12.